The van der Waals surface area contributed by atoms with Gasteiger partial charge in [0.1, 0.15) is 5.82 Å². The van der Waals surface area contributed by atoms with Crippen molar-refractivity contribution in [2.24, 2.45) is 0 Å². The van der Waals surface area contributed by atoms with Crippen LogP contribution >= 0.6 is 11.6 Å². The lowest BCUT2D eigenvalue weighted by Crippen LogP contribution is -2.38. The van der Waals surface area contributed by atoms with Crippen LogP contribution in [-0.2, 0) is 0 Å². The summed E-state index contributed by atoms with van der Waals surface area (Å²) in [5.74, 6) is -1.29. The van der Waals surface area contributed by atoms with Crippen molar-refractivity contribution >= 4 is 17.5 Å². The van der Waals surface area contributed by atoms with E-state index >= 15 is 0 Å². The summed E-state index contributed by atoms with van der Waals surface area (Å²) in [6.07, 6.45) is -0.717. The van der Waals surface area contributed by atoms with Gasteiger partial charge in [-0.25, -0.2) is 4.39 Å². The van der Waals surface area contributed by atoms with E-state index in [0.29, 0.717) is 12.1 Å². The van der Waals surface area contributed by atoms with Gasteiger partial charge in [-0.15, -0.1) is 0 Å². The molecule has 1 aromatic rings. The zero-order valence-corrected chi connectivity index (χ0v) is 12.0. The molecule has 0 saturated heterocycles. The number of likely N-dealkylation sites (N-methyl/N-ethyl adjacent to an activating group) is 1. The Kier molecular flexibility index (Phi) is 5.72. The van der Waals surface area contributed by atoms with Gasteiger partial charge in [-0.1, -0.05) is 17.7 Å². The SMILES string of the molecule is Cc1ccc(F)c(C(=O)NCC(O)CN(C)C)c1Cl. The van der Waals surface area contributed by atoms with E-state index in [2.05, 4.69) is 5.32 Å². The summed E-state index contributed by atoms with van der Waals surface area (Å²) in [5, 5.41) is 12.2. The minimum absolute atomic E-state index is 0.0424. The van der Waals surface area contributed by atoms with Crippen LogP contribution in [0.1, 0.15) is 15.9 Å². The van der Waals surface area contributed by atoms with Crippen LogP contribution in [0.5, 0.6) is 0 Å². The van der Waals surface area contributed by atoms with E-state index in [0.717, 1.165) is 0 Å². The number of benzene rings is 1. The van der Waals surface area contributed by atoms with Crippen molar-refractivity contribution in [3.63, 3.8) is 0 Å². The predicted molar refractivity (Wildman–Crippen MR) is 73.0 cm³/mol. The zero-order valence-electron chi connectivity index (χ0n) is 11.2. The highest BCUT2D eigenvalue weighted by Gasteiger charge is 2.18. The van der Waals surface area contributed by atoms with Crippen LogP contribution in [0.4, 0.5) is 4.39 Å². The van der Waals surface area contributed by atoms with Crippen molar-refractivity contribution in [1.82, 2.24) is 10.2 Å². The second-order valence-corrected chi connectivity index (χ2v) is 5.06. The third-order valence-corrected chi connectivity index (χ3v) is 3.07. The summed E-state index contributed by atoms with van der Waals surface area (Å²) >= 11 is 5.92. The molecular weight excluding hydrogens is 271 g/mol. The van der Waals surface area contributed by atoms with Gasteiger partial charge in [0, 0.05) is 13.1 Å². The molecule has 0 aliphatic rings. The maximum atomic E-state index is 13.6. The summed E-state index contributed by atoms with van der Waals surface area (Å²) in [6, 6.07) is 2.71. The molecule has 4 nitrogen and oxygen atoms in total. The summed E-state index contributed by atoms with van der Waals surface area (Å²) < 4.78 is 13.6. The first-order chi connectivity index (χ1) is 8.82. The molecule has 0 spiro atoms. The Hall–Kier alpha value is -1.17. The lowest BCUT2D eigenvalue weighted by molar-refractivity contribution is 0.0888. The minimum Gasteiger partial charge on any atom is -0.390 e. The van der Waals surface area contributed by atoms with Gasteiger partial charge in [0.15, 0.2) is 0 Å². The van der Waals surface area contributed by atoms with Crippen molar-refractivity contribution < 1.29 is 14.3 Å². The Morgan fingerprint density at radius 1 is 1.53 bits per heavy atom. The van der Waals surface area contributed by atoms with Crippen molar-refractivity contribution in [1.29, 1.82) is 0 Å². The lowest BCUT2D eigenvalue weighted by atomic mass is 10.1. The fraction of sp³-hybridized carbons (Fsp3) is 0.462. The molecule has 0 fully saturated rings. The number of nitrogens with one attached hydrogen (secondary N) is 1. The number of amides is 1. The highest BCUT2D eigenvalue weighted by molar-refractivity contribution is 6.34. The minimum atomic E-state index is -0.717. The molecule has 0 saturated carbocycles. The quantitative estimate of drug-likeness (QED) is 0.862. The molecule has 0 heterocycles. The number of aliphatic hydroxyl groups is 1. The standard InChI is InChI=1S/C13H18ClFN2O2/c1-8-4-5-10(15)11(12(8)14)13(19)16-6-9(18)7-17(2)3/h4-5,9,18H,6-7H2,1-3H3,(H,16,19). The second kappa shape index (κ2) is 6.84. The molecule has 0 aliphatic heterocycles. The monoisotopic (exact) mass is 288 g/mol. The first-order valence-electron chi connectivity index (χ1n) is 5.88. The second-order valence-electron chi connectivity index (χ2n) is 4.68. The fourth-order valence-corrected chi connectivity index (χ4v) is 1.89. The van der Waals surface area contributed by atoms with Crippen LogP contribution in [0.25, 0.3) is 0 Å². The summed E-state index contributed by atoms with van der Waals surface area (Å²) in [4.78, 5) is 13.7. The summed E-state index contributed by atoms with van der Waals surface area (Å²) in [5.41, 5.74) is 0.445. The van der Waals surface area contributed by atoms with E-state index in [4.69, 9.17) is 11.6 Å². The van der Waals surface area contributed by atoms with Crippen LogP contribution in [0, 0.1) is 12.7 Å². The van der Waals surface area contributed by atoms with E-state index in [1.807, 2.05) is 14.1 Å². The Morgan fingerprint density at radius 2 is 2.16 bits per heavy atom. The number of carbonyl (C=O) groups is 1. The van der Waals surface area contributed by atoms with E-state index in [9.17, 15) is 14.3 Å². The van der Waals surface area contributed by atoms with Crippen molar-refractivity contribution in [2.75, 3.05) is 27.2 Å². The van der Waals surface area contributed by atoms with E-state index in [1.165, 1.54) is 12.1 Å². The third kappa shape index (κ3) is 4.45. The number of hydrogen-bond donors (Lipinski definition) is 2. The average Bonchev–Trinajstić information content (AvgIpc) is 2.31. The van der Waals surface area contributed by atoms with Gasteiger partial charge in [0.05, 0.1) is 16.7 Å². The molecule has 0 radical (unpaired) electrons. The molecule has 0 bridgehead atoms. The van der Waals surface area contributed by atoms with Crippen molar-refractivity contribution in [3.05, 3.63) is 34.1 Å². The maximum Gasteiger partial charge on any atom is 0.255 e. The summed E-state index contributed by atoms with van der Waals surface area (Å²) in [7, 11) is 3.62. The van der Waals surface area contributed by atoms with Gasteiger partial charge < -0.3 is 15.3 Å². The van der Waals surface area contributed by atoms with E-state index < -0.39 is 17.8 Å². The maximum absolute atomic E-state index is 13.6. The Bertz CT molecular complexity index is 466. The smallest absolute Gasteiger partial charge is 0.255 e. The highest BCUT2D eigenvalue weighted by Crippen LogP contribution is 2.23. The molecule has 1 atom stereocenters. The molecule has 1 rings (SSSR count). The Labute approximate surface area is 117 Å². The largest absolute Gasteiger partial charge is 0.390 e. The van der Waals surface area contributed by atoms with Gasteiger partial charge in [-0.05, 0) is 32.6 Å². The van der Waals surface area contributed by atoms with Crippen LogP contribution in [-0.4, -0.2) is 49.2 Å². The first kappa shape index (κ1) is 15.9. The molecule has 106 valence electrons. The number of hydrogen-bond acceptors (Lipinski definition) is 3. The highest BCUT2D eigenvalue weighted by atomic mass is 35.5. The molecular formula is C13H18ClFN2O2. The fourth-order valence-electron chi connectivity index (χ4n) is 1.65. The normalized spacial score (nSPS) is 12.6. The molecule has 1 unspecified atom stereocenters. The number of carbonyl (C=O) groups excluding carboxylic acids is 1. The van der Waals surface area contributed by atoms with E-state index in [-0.39, 0.29) is 17.1 Å². The number of halogens is 2. The number of nitrogens with zero attached hydrogens (tertiary/aromatic N) is 1. The topological polar surface area (TPSA) is 52.6 Å². The first-order valence-corrected chi connectivity index (χ1v) is 6.26. The third-order valence-electron chi connectivity index (χ3n) is 2.59. The molecule has 2 N–H and O–H groups in total. The number of aryl methyl sites for hydroxylation is 1. The molecule has 6 heteroatoms. The van der Waals surface area contributed by atoms with Gasteiger partial charge >= 0.3 is 0 Å². The average molecular weight is 289 g/mol. The molecule has 1 aromatic carbocycles. The van der Waals surface area contributed by atoms with Gasteiger partial charge in [-0.3, -0.25) is 4.79 Å². The zero-order chi connectivity index (χ0) is 14.6. The molecule has 19 heavy (non-hydrogen) atoms. The Morgan fingerprint density at radius 3 is 2.74 bits per heavy atom. The Balaban J connectivity index is 2.72. The van der Waals surface area contributed by atoms with Gasteiger partial charge in [0.2, 0.25) is 0 Å². The van der Waals surface area contributed by atoms with E-state index in [1.54, 1.807) is 11.8 Å². The molecule has 0 aromatic heterocycles. The van der Waals surface area contributed by atoms with Crippen molar-refractivity contribution in [3.8, 4) is 0 Å². The van der Waals surface area contributed by atoms with Gasteiger partial charge in [0.25, 0.3) is 5.91 Å². The van der Waals surface area contributed by atoms with Crippen LogP contribution in [0.15, 0.2) is 12.1 Å². The summed E-state index contributed by atoms with van der Waals surface area (Å²) in [6.45, 7) is 2.14. The number of rotatable bonds is 5. The van der Waals surface area contributed by atoms with Crippen LogP contribution in [0.2, 0.25) is 5.02 Å². The van der Waals surface area contributed by atoms with Crippen LogP contribution < -0.4 is 5.32 Å². The lowest BCUT2D eigenvalue weighted by Gasteiger charge is -2.17. The van der Waals surface area contributed by atoms with Crippen molar-refractivity contribution in [2.45, 2.75) is 13.0 Å². The van der Waals surface area contributed by atoms with Gasteiger partial charge in [-0.2, -0.15) is 0 Å². The van der Waals surface area contributed by atoms with Crippen LogP contribution in [0.3, 0.4) is 0 Å². The molecule has 1 amide bonds. The predicted octanol–water partition coefficient (Wildman–Crippen LogP) is 1.44. The molecule has 0 aliphatic carbocycles. The number of aliphatic hydroxyl groups excluding tert-OH is 1.